The van der Waals surface area contributed by atoms with Gasteiger partial charge in [-0.05, 0) is 76.0 Å². The number of rotatable bonds is 4. The van der Waals surface area contributed by atoms with Gasteiger partial charge in [0.15, 0.2) is 0 Å². The maximum absolute atomic E-state index is 6.64. The molecule has 192 valence electrons. The number of aromatic nitrogens is 2. The van der Waals surface area contributed by atoms with E-state index in [0.29, 0.717) is 0 Å². The zero-order chi connectivity index (χ0) is 27.2. The van der Waals surface area contributed by atoms with Gasteiger partial charge in [0.1, 0.15) is 11.2 Å². The van der Waals surface area contributed by atoms with Crippen molar-refractivity contribution in [3.05, 3.63) is 146 Å². The molecule has 0 aliphatic heterocycles. The van der Waals surface area contributed by atoms with E-state index in [1.807, 2.05) is 36.4 Å². The first-order chi connectivity index (χ1) is 20.3. The molecule has 0 aliphatic rings. The van der Waals surface area contributed by atoms with E-state index < -0.39 is 0 Å². The second kappa shape index (κ2) is 9.58. The van der Waals surface area contributed by atoms with E-state index >= 15 is 0 Å². The van der Waals surface area contributed by atoms with Crippen LogP contribution in [0.1, 0.15) is 0 Å². The second-order valence-electron chi connectivity index (χ2n) is 10.2. The summed E-state index contributed by atoms with van der Waals surface area (Å²) in [5.74, 6) is 0. The van der Waals surface area contributed by atoms with Crippen LogP contribution in [0.25, 0.3) is 77.6 Å². The average Bonchev–Trinajstić information content (AvgIpc) is 3.42. The quantitative estimate of drug-likeness (QED) is 0.230. The molecule has 8 rings (SSSR count). The summed E-state index contributed by atoms with van der Waals surface area (Å²) >= 11 is 0. The topological polar surface area (TPSA) is 38.9 Å². The average molecular weight is 525 g/mol. The third kappa shape index (κ3) is 4.07. The summed E-state index contributed by atoms with van der Waals surface area (Å²) in [5, 5.41) is 4.58. The van der Waals surface area contributed by atoms with Crippen LogP contribution in [0.5, 0.6) is 0 Å². The van der Waals surface area contributed by atoms with Crippen molar-refractivity contribution in [3.8, 4) is 44.9 Å². The molecule has 5 aromatic carbocycles. The number of fused-ring (bicyclic) bond motifs is 4. The fourth-order valence-electron chi connectivity index (χ4n) is 5.76. The van der Waals surface area contributed by atoms with Gasteiger partial charge in [0, 0.05) is 28.1 Å². The van der Waals surface area contributed by atoms with Crippen LogP contribution in [0.4, 0.5) is 0 Å². The lowest BCUT2D eigenvalue weighted by Gasteiger charge is -2.11. The fraction of sp³-hybridized carbons (Fsp3) is 0. The molecule has 8 aromatic rings. The molecule has 0 unspecified atom stereocenters. The summed E-state index contributed by atoms with van der Waals surface area (Å²) in [7, 11) is 0. The SMILES string of the molecule is c1ccc(-c2ccc3oc4c(-c5cccc(-c6cccc(-c7ccccn7)n6)c5)c5ccccc5cc4c3c2)cc1. The first-order valence-corrected chi connectivity index (χ1v) is 13.7. The highest BCUT2D eigenvalue weighted by Gasteiger charge is 2.18. The van der Waals surface area contributed by atoms with E-state index in [9.17, 15) is 0 Å². The molecule has 0 aliphatic carbocycles. The normalized spacial score (nSPS) is 11.4. The minimum Gasteiger partial charge on any atom is -0.455 e. The lowest BCUT2D eigenvalue weighted by molar-refractivity contribution is 0.670. The van der Waals surface area contributed by atoms with Crippen molar-refractivity contribution >= 4 is 32.7 Å². The number of hydrogen-bond acceptors (Lipinski definition) is 3. The third-order valence-corrected chi connectivity index (χ3v) is 7.71. The molecular formula is C38H24N2O. The predicted molar refractivity (Wildman–Crippen MR) is 169 cm³/mol. The Morgan fingerprint density at radius 1 is 0.439 bits per heavy atom. The van der Waals surface area contributed by atoms with Crippen molar-refractivity contribution in [2.45, 2.75) is 0 Å². The minimum absolute atomic E-state index is 0.854. The molecule has 0 bridgehead atoms. The van der Waals surface area contributed by atoms with Crippen LogP contribution in [0.3, 0.4) is 0 Å². The van der Waals surface area contributed by atoms with Crippen molar-refractivity contribution in [3.63, 3.8) is 0 Å². The molecule has 0 atom stereocenters. The summed E-state index contributed by atoms with van der Waals surface area (Å²) in [6, 6.07) is 48.4. The Hall–Kier alpha value is -5.54. The lowest BCUT2D eigenvalue weighted by Crippen LogP contribution is -1.90. The smallest absolute Gasteiger partial charge is 0.143 e. The van der Waals surface area contributed by atoms with Crippen LogP contribution < -0.4 is 0 Å². The van der Waals surface area contributed by atoms with Gasteiger partial charge in [0.05, 0.1) is 17.1 Å². The number of benzene rings is 5. The highest BCUT2D eigenvalue weighted by Crippen LogP contribution is 2.42. The van der Waals surface area contributed by atoms with E-state index in [0.717, 1.165) is 61.1 Å². The third-order valence-electron chi connectivity index (χ3n) is 7.71. The minimum atomic E-state index is 0.854. The Morgan fingerprint density at radius 3 is 2.10 bits per heavy atom. The van der Waals surface area contributed by atoms with Crippen molar-refractivity contribution in [2.75, 3.05) is 0 Å². The van der Waals surface area contributed by atoms with Gasteiger partial charge in [-0.15, -0.1) is 0 Å². The first-order valence-electron chi connectivity index (χ1n) is 13.7. The molecule has 3 heteroatoms. The molecule has 0 saturated heterocycles. The first kappa shape index (κ1) is 23.4. The van der Waals surface area contributed by atoms with Crippen LogP contribution in [0, 0.1) is 0 Å². The van der Waals surface area contributed by atoms with Gasteiger partial charge in [-0.1, -0.05) is 91.0 Å². The summed E-state index contributed by atoms with van der Waals surface area (Å²) < 4.78 is 6.64. The highest BCUT2D eigenvalue weighted by molar-refractivity contribution is 6.18. The predicted octanol–water partition coefficient (Wildman–Crippen LogP) is 10.2. The standard InChI is InChI=1S/C38H24N2O/c1-2-10-25(11-3-1)26-19-20-36-31(23-26)32-24-27-12-4-5-15-30(27)37(38(32)41-36)29-14-8-13-28(22-29)33-17-9-18-35(40-33)34-16-6-7-21-39-34/h1-24H. The fourth-order valence-corrected chi connectivity index (χ4v) is 5.76. The zero-order valence-electron chi connectivity index (χ0n) is 22.2. The Morgan fingerprint density at radius 2 is 1.20 bits per heavy atom. The molecule has 0 spiro atoms. The zero-order valence-corrected chi connectivity index (χ0v) is 22.2. The summed E-state index contributed by atoms with van der Waals surface area (Å²) in [6.07, 6.45) is 1.80. The van der Waals surface area contributed by atoms with Crippen LogP contribution in [0.15, 0.2) is 150 Å². The van der Waals surface area contributed by atoms with E-state index in [1.54, 1.807) is 6.20 Å². The van der Waals surface area contributed by atoms with Gasteiger partial charge in [-0.25, -0.2) is 4.98 Å². The molecule has 3 aromatic heterocycles. The van der Waals surface area contributed by atoms with Gasteiger partial charge in [0.25, 0.3) is 0 Å². The number of nitrogens with zero attached hydrogens (tertiary/aromatic N) is 2. The second-order valence-corrected chi connectivity index (χ2v) is 10.2. The van der Waals surface area contributed by atoms with Crippen molar-refractivity contribution in [2.24, 2.45) is 0 Å². The maximum Gasteiger partial charge on any atom is 0.143 e. The molecular weight excluding hydrogens is 500 g/mol. The molecule has 0 fully saturated rings. The van der Waals surface area contributed by atoms with E-state index in [2.05, 4.69) is 108 Å². The van der Waals surface area contributed by atoms with Gasteiger partial charge >= 0.3 is 0 Å². The summed E-state index contributed by atoms with van der Waals surface area (Å²) in [5.41, 5.74) is 10.0. The Balaban J connectivity index is 1.33. The number of furan rings is 1. The molecule has 3 nitrogen and oxygen atoms in total. The molecule has 41 heavy (non-hydrogen) atoms. The molecule has 0 radical (unpaired) electrons. The van der Waals surface area contributed by atoms with Crippen molar-refractivity contribution < 1.29 is 4.42 Å². The Kier molecular flexibility index (Phi) is 5.46. The monoisotopic (exact) mass is 524 g/mol. The van der Waals surface area contributed by atoms with Crippen molar-refractivity contribution in [1.82, 2.24) is 9.97 Å². The summed E-state index contributed by atoms with van der Waals surface area (Å²) in [6.45, 7) is 0. The molecule has 0 N–H and O–H groups in total. The Labute approximate surface area is 237 Å². The van der Waals surface area contributed by atoms with Gasteiger partial charge < -0.3 is 4.42 Å². The lowest BCUT2D eigenvalue weighted by atomic mass is 9.93. The van der Waals surface area contributed by atoms with Gasteiger partial charge in [-0.2, -0.15) is 0 Å². The largest absolute Gasteiger partial charge is 0.455 e. The molecule has 0 saturated carbocycles. The number of hydrogen-bond donors (Lipinski definition) is 0. The summed E-state index contributed by atoms with van der Waals surface area (Å²) in [4.78, 5) is 9.45. The number of pyridine rings is 2. The van der Waals surface area contributed by atoms with Gasteiger partial charge in [0.2, 0.25) is 0 Å². The van der Waals surface area contributed by atoms with Crippen LogP contribution >= 0.6 is 0 Å². The van der Waals surface area contributed by atoms with E-state index in [4.69, 9.17) is 9.40 Å². The highest BCUT2D eigenvalue weighted by atomic mass is 16.3. The van der Waals surface area contributed by atoms with Crippen molar-refractivity contribution in [1.29, 1.82) is 0 Å². The van der Waals surface area contributed by atoms with E-state index in [-0.39, 0.29) is 0 Å². The maximum atomic E-state index is 6.64. The van der Waals surface area contributed by atoms with Gasteiger partial charge in [-0.3, -0.25) is 4.98 Å². The molecule has 3 heterocycles. The van der Waals surface area contributed by atoms with E-state index in [1.165, 1.54) is 16.5 Å². The van der Waals surface area contributed by atoms with Crippen LogP contribution in [0.2, 0.25) is 0 Å². The Bertz CT molecular complexity index is 2200. The van der Waals surface area contributed by atoms with Crippen LogP contribution in [-0.2, 0) is 0 Å². The molecule has 0 amide bonds. The van der Waals surface area contributed by atoms with Crippen LogP contribution in [-0.4, -0.2) is 9.97 Å².